The monoisotopic (exact) mass is 385 g/mol. The SMILES string of the molecule is CN(C)[P+]1(NC(C)(C)C)N(C)C(c2ccccc2)C(c2ccccc2)N1C. The summed E-state index contributed by atoms with van der Waals surface area (Å²) in [5.74, 6) is 0. The van der Waals surface area contributed by atoms with Crippen molar-refractivity contribution in [2.45, 2.75) is 38.4 Å². The summed E-state index contributed by atoms with van der Waals surface area (Å²) in [5, 5.41) is 4.02. The molecule has 0 aromatic heterocycles. The fourth-order valence-electron chi connectivity index (χ4n) is 4.35. The molecule has 4 nitrogen and oxygen atoms in total. The Morgan fingerprint density at radius 3 is 1.44 bits per heavy atom. The van der Waals surface area contributed by atoms with E-state index in [1.165, 1.54) is 11.1 Å². The van der Waals surface area contributed by atoms with E-state index in [-0.39, 0.29) is 17.6 Å². The summed E-state index contributed by atoms with van der Waals surface area (Å²) in [4.78, 5) is 0. The summed E-state index contributed by atoms with van der Waals surface area (Å²) in [6, 6.07) is 22.4. The predicted molar refractivity (Wildman–Crippen MR) is 117 cm³/mol. The molecule has 146 valence electrons. The smallest absolute Gasteiger partial charge is 0.140 e. The lowest BCUT2D eigenvalue weighted by Crippen LogP contribution is -2.48. The van der Waals surface area contributed by atoms with Gasteiger partial charge in [0.1, 0.15) is 0 Å². The summed E-state index contributed by atoms with van der Waals surface area (Å²) in [6.45, 7) is 6.77. The van der Waals surface area contributed by atoms with Crippen LogP contribution in [0.2, 0.25) is 0 Å². The van der Waals surface area contributed by atoms with Crippen LogP contribution in [0.4, 0.5) is 0 Å². The van der Waals surface area contributed by atoms with E-state index >= 15 is 0 Å². The van der Waals surface area contributed by atoms with Crippen LogP contribution < -0.4 is 5.09 Å². The maximum Gasteiger partial charge on any atom is 0.306 e. The van der Waals surface area contributed by atoms with Gasteiger partial charge in [-0.15, -0.1) is 19.1 Å². The lowest BCUT2D eigenvalue weighted by Gasteiger charge is -2.40. The number of nitrogens with zero attached hydrogens (tertiary/aromatic N) is 3. The molecule has 1 aliphatic rings. The first-order chi connectivity index (χ1) is 12.7. The molecule has 1 heterocycles. The lowest BCUT2D eigenvalue weighted by molar-refractivity contribution is 0.316. The molecule has 0 aliphatic carbocycles. The second-order valence-electron chi connectivity index (χ2n) is 8.64. The van der Waals surface area contributed by atoms with E-state index in [0.717, 1.165) is 0 Å². The predicted octanol–water partition coefficient (Wildman–Crippen LogP) is 4.97. The highest BCUT2D eigenvalue weighted by molar-refractivity contribution is 7.67. The van der Waals surface area contributed by atoms with Gasteiger partial charge in [0.05, 0.1) is 12.1 Å². The molecule has 1 fully saturated rings. The first-order valence-corrected chi connectivity index (χ1v) is 11.3. The Balaban J connectivity index is 2.18. The molecule has 2 aromatic rings. The molecule has 1 aliphatic heterocycles. The lowest BCUT2D eigenvalue weighted by atomic mass is 9.93. The van der Waals surface area contributed by atoms with Crippen molar-refractivity contribution in [1.82, 2.24) is 19.1 Å². The van der Waals surface area contributed by atoms with E-state index in [1.54, 1.807) is 0 Å². The molecule has 1 saturated heterocycles. The third-order valence-electron chi connectivity index (χ3n) is 5.31. The second kappa shape index (κ2) is 7.62. The zero-order valence-corrected chi connectivity index (χ0v) is 18.6. The highest BCUT2D eigenvalue weighted by atomic mass is 31.2. The summed E-state index contributed by atoms with van der Waals surface area (Å²) < 4.78 is 7.58. The third-order valence-corrected chi connectivity index (χ3v) is 9.65. The minimum atomic E-state index is -1.92. The average molecular weight is 386 g/mol. The zero-order valence-electron chi connectivity index (χ0n) is 17.7. The fraction of sp³-hybridized carbons (Fsp3) is 0.455. The van der Waals surface area contributed by atoms with Gasteiger partial charge in [0, 0.05) is 33.7 Å². The second-order valence-corrected chi connectivity index (χ2v) is 12.1. The largest absolute Gasteiger partial charge is 0.306 e. The van der Waals surface area contributed by atoms with Crippen molar-refractivity contribution in [2.24, 2.45) is 0 Å². The Labute approximate surface area is 165 Å². The number of likely N-dealkylation sites (N-methyl/N-ethyl adjacent to an activating group) is 2. The van der Waals surface area contributed by atoms with Gasteiger partial charge in [0.25, 0.3) is 0 Å². The van der Waals surface area contributed by atoms with Crippen LogP contribution in [-0.4, -0.2) is 47.7 Å². The van der Waals surface area contributed by atoms with Crippen molar-refractivity contribution < 1.29 is 0 Å². The van der Waals surface area contributed by atoms with Crippen molar-refractivity contribution in [3.8, 4) is 0 Å². The zero-order chi connectivity index (χ0) is 19.8. The van der Waals surface area contributed by atoms with Gasteiger partial charge >= 0.3 is 7.87 Å². The Kier molecular flexibility index (Phi) is 5.77. The fourth-order valence-corrected chi connectivity index (χ4v) is 8.55. The Hall–Kier alpha value is -1.29. The standard InChI is InChI=1S/C22H34N4P/c1-22(2,3)23-27(24(4)5)25(6)20(18-14-10-8-11-15-18)21(26(27)7)19-16-12-9-13-17-19/h8-17,20-21,23H,1-7H3/q+1. The molecular weight excluding hydrogens is 351 g/mol. The molecule has 0 amide bonds. The van der Waals surface area contributed by atoms with Gasteiger partial charge in [-0.2, -0.15) is 0 Å². The van der Waals surface area contributed by atoms with Gasteiger partial charge in [-0.25, -0.2) is 0 Å². The van der Waals surface area contributed by atoms with Crippen LogP contribution in [0.15, 0.2) is 60.7 Å². The molecule has 0 spiro atoms. The third kappa shape index (κ3) is 3.70. The van der Waals surface area contributed by atoms with Crippen LogP contribution in [-0.2, 0) is 0 Å². The van der Waals surface area contributed by atoms with Crippen molar-refractivity contribution >= 4 is 7.87 Å². The minimum absolute atomic E-state index is 0.00732. The number of hydrogen-bond acceptors (Lipinski definition) is 4. The highest BCUT2D eigenvalue weighted by Gasteiger charge is 2.66. The number of rotatable bonds is 4. The van der Waals surface area contributed by atoms with E-state index in [9.17, 15) is 0 Å². The maximum absolute atomic E-state index is 4.02. The number of benzene rings is 2. The van der Waals surface area contributed by atoms with Crippen LogP contribution >= 0.6 is 7.87 Å². The molecule has 5 heteroatoms. The molecule has 2 atom stereocenters. The quantitative estimate of drug-likeness (QED) is 0.750. The van der Waals surface area contributed by atoms with Crippen molar-refractivity contribution in [3.05, 3.63) is 71.8 Å². The molecular formula is C22H34N4P+. The molecule has 2 unspecified atom stereocenters. The van der Waals surface area contributed by atoms with Crippen LogP contribution in [0, 0.1) is 0 Å². The molecule has 0 saturated carbocycles. The molecule has 0 bridgehead atoms. The molecule has 1 N–H and O–H groups in total. The summed E-state index contributed by atoms with van der Waals surface area (Å²) in [5.41, 5.74) is 2.73. The molecule has 0 radical (unpaired) electrons. The minimum Gasteiger partial charge on any atom is -0.140 e. The van der Waals surface area contributed by atoms with Crippen molar-refractivity contribution in [1.29, 1.82) is 0 Å². The normalized spacial score (nSPS) is 27.4. The Bertz CT molecular complexity index is 690. The number of hydrogen-bond donors (Lipinski definition) is 1. The van der Waals surface area contributed by atoms with Gasteiger partial charge < -0.3 is 0 Å². The van der Waals surface area contributed by atoms with Crippen molar-refractivity contribution in [2.75, 3.05) is 28.2 Å². The summed E-state index contributed by atoms with van der Waals surface area (Å²) in [6.07, 6.45) is 0. The summed E-state index contributed by atoms with van der Waals surface area (Å²) >= 11 is 0. The van der Waals surface area contributed by atoms with Gasteiger partial charge in [0.2, 0.25) is 0 Å². The van der Waals surface area contributed by atoms with E-state index in [0.29, 0.717) is 0 Å². The maximum atomic E-state index is 4.02. The molecule has 3 rings (SSSR count). The van der Waals surface area contributed by atoms with Gasteiger partial charge in [-0.05, 0) is 31.9 Å². The van der Waals surface area contributed by atoms with Gasteiger partial charge in [0.15, 0.2) is 0 Å². The number of nitrogens with one attached hydrogen (secondary N) is 1. The Morgan fingerprint density at radius 2 is 1.15 bits per heavy atom. The van der Waals surface area contributed by atoms with Crippen LogP contribution in [0.5, 0.6) is 0 Å². The first kappa shape index (κ1) is 20.4. The Morgan fingerprint density at radius 1 is 0.778 bits per heavy atom. The first-order valence-electron chi connectivity index (χ1n) is 9.61. The van der Waals surface area contributed by atoms with Crippen LogP contribution in [0.3, 0.4) is 0 Å². The van der Waals surface area contributed by atoms with Crippen LogP contribution in [0.25, 0.3) is 0 Å². The highest BCUT2D eigenvalue weighted by Crippen LogP contribution is 2.74. The van der Waals surface area contributed by atoms with E-state index in [1.807, 2.05) is 0 Å². The topological polar surface area (TPSA) is 21.8 Å². The van der Waals surface area contributed by atoms with E-state index < -0.39 is 7.87 Å². The summed E-state index contributed by atoms with van der Waals surface area (Å²) in [7, 11) is 7.05. The van der Waals surface area contributed by atoms with E-state index in [4.69, 9.17) is 0 Å². The molecule has 2 aromatic carbocycles. The average Bonchev–Trinajstić information content (AvgIpc) is 2.84. The molecule has 27 heavy (non-hydrogen) atoms. The van der Waals surface area contributed by atoms with Crippen molar-refractivity contribution in [3.63, 3.8) is 0 Å². The van der Waals surface area contributed by atoms with Crippen LogP contribution in [0.1, 0.15) is 44.0 Å². The van der Waals surface area contributed by atoms with Gasteiger partial charge in [-0.3, -0.25) is 0 Å². The van der Waals surface area contributed by atoms with Gasteiger partial charge in [-0.1, -0.05) is 60.7 Å². The van der Waals surface area contributed by atoms with E-state index in [2.05, 4.69) is 129 Å².